The SMILES string of the molecule is Cc1cc(C)n(-c2ccc(=O)n(C3CCC(Nc4nccn(CC5CC5)c4=O)CC3)n2)n1. The first-order valence-corrected chi connectivity index (χ1v) is 11.4. The van der Waals surface area contributed by atoms with Crippen LogP contribution in [0.4, 0.5) is 5.82 Å². The smallest absolute Gasteiger partial charge is 0.293 e. The zero-order valence-corrected chi connectivity index (χ0v) is 18.6. The normalized spacial score (nSPS) is 20.9. The molecule has 2 aliphatic rings. The van der Waals surface area contributed by atoms with Gasteiger partial charge in [0.1, 0.15) is 0 Å². The first-order chi connectivity index (χ1) is 15.5. The number of aryl methyl sites for hydroxylation is 2. The van der Waals surface area contributed by atoms with Crippen molar-refractivity contribution >= 4 is 5.82 Å². The van der Waals surface area contributed by atoms with Gasteiger partial charge in [0.15, 0.2) is 11.6 Å². The number of nitrogens with one attached hydrogen (secondary N) is 1. The van der Waals surface area contributed by atoms with Crippen molar-refractivity contribution in [3.8, 4) is 5.82 Å². The Bertz CT molecular complexity index is 1230. The van der Waals surface area contributed by atoms with E-state index in [1.807, 2.05) is 19.9 Å². The fourth-order valence-electron chi connectivity index (χ4n) is 4.58. The standard InChI is InChI=1S/C23H29N7O2/c1-15-13-16(2)29(26-15)20-9-10-21(31)30(27-20)19-7-5-18(6-8-19)25-22-23(32)28(12-11-24-22)14-17-3-4-17/h9-13,17-19H,3-8,14H2,1-2H3,(H,24,25). The van der Waals surface area contributed by atoms with E-state index in [1.165, 1.54) is 12.8 Å². The first-order valence-electron chi connectivity index (χ1n) is 11.4. The summed E-state index contributed by atoms with van der Waals surface area (Å²) in [5.74, 6) is 1.72. The van der Waals surface area contributed by atoms with Crippen molar-refractivity contribution < 1.29 is 0 Å². The van der Waals surface area contributed by atoms with Crippen molar-refractivity contribution in [1.82, 2.24) is 29.1 Å². The maximum atomic E-state index is 12.7. The zero-order valence-electron chi connectivity index (χ0n) is 18.6. The molecular formula is C23H29N7O2. The molecule has 3 aromatic rings. The first kappa shape index (κ1) is 20.7. The average molecular weight is 436 g/mol. The fraction of sp³-hybridized carbons (Fsp3) is 0.522. The van der Waals surface area contributed by atoms with Crippen LogP contribution in [-0.2, 0) is 6.54 Å². The fourth-order valence-corrected chi connectivity index (χ4v) is 4.58. The number of aromatic nitrogens is 6. The quantitative estimate of drug-likeness (QED) is 0.639. The lowest BCUT2D eigenvalue weighted by Crippen LogP contribution is -2.35. The molecule has 0 unspecified atom stereocenters. The van der Waals surface area contributed by atoms with Crippen LogP contribution in [0.5, 0.6) is 0 Å². The summed E-state index contributed by atoms with van der Waals surface area (Å²) in [7, 11) is 0. The number of hydrogen-bond donors (Lipinski definition) is 1. The summed E-state index contributed by atoms with van der Waals surface area (Å²) in [6, 6.07) is 5.48. The van der Waals surface area contributed by atoms with E-state index in [4.69, 9.17) is 0 Å². The number of hydrogen-bond acceptors (Lipinski definition) is 6. The van der Waals surface area contributed by atoms with E-state index in [9.17, 15) is 9.59 Å². The molecule has 3 heterocycles. The lowest BCUT2D eigenvalue weighted by Gasteiger charge is -2.29. The van der Waals surface area contributed by atoms with Gasteiger partial charge in [0.2, 0.25) is 0 Å². The second-order valence-electron chi connectivity index (χ2n) is 9.14. The van der Waals surface area contributed by atoms with Gasteiger partial charge in [0, 0.05) is 36.7 Å². The van der Waals surface area contributed by atoms with Crippen LogP contribution in [0.15, 0.2) is 40.2 Å². The Morgan fingerprint density at radius 2 is 1.81 bits per heavy atom. The van der Waals surface area contributed by atoms with Crippen LogP contribution in [0.2, 0.25) is 0 Å². The maximum absolute atomic E-state index is 12.7. The summed E-state index contributed by atoms with van der Waals surface area (Å²) >= 11 is 0. The molecule has 0 bridgehead atoms. The summed E-state index contributed by atoms with van der Waals surface area (Å²) < 4.78 is 5.14. The van der Waals surface area contributed by atoms with E-state index in [1.54, 1.807) is 38.5 Å². The Morgan fingerprint density at radius 3 is 2.50 bits per heavy atom. The van der Waals surface area contributed by atoms with Crippen molar-refractivity contribution in [2.75, 3.05) is 5.32 Å². The van der Waals surface area contributed by atoms with Crippen LogP contribution in [0.25, 0.3) is 5.82 Å². The Balaban J connectivity index is 1.27. The van der Waals surface area contributed by atoms with Crippen molar-refractivity contribution in [2.45, 2.75) is 71.0 Å². The van der Waals surface area contributed by atoms with Crippen LogP contribution in [0.1, 0.15) is 56.0 Å². The molecule has 1 N–H and O–H groups in total. The molecule has 0 aliphatic heterocycles. The molecule has 9 heteroatoms. The molecule has 0 atom stereocenters. The third-order valence-electron chi connectivity index (χ3n) is 6.49. The Morgan fingerprint density at radius 1 is 1.03 bits per heavy atom. The molecular weight excluding hydrogens is 406 g/mol. The van der Waals surface area contributed by atoms with Crippen molar-refractivity contribution in [2.24, 2.45) is 5.92 Å². The minimum absolute atomic E-state index is 0.0349. The second kappa shape index (κ2) is 8.37. The molecule has 2 fully saturated rings. The molecule has 9 nitrogen and oxygen atoms in total. The number of rotatable bonds is 6. The van der Waals surface area contributed by atoms with Gasteiger partial charge in [-0.15, -0.1) is 5.10 Å². The lowest BCUT2D eigenvalue weighted by atomic mass is 9.91. The largest absolute Gasteiger partial charge is 0.363 e. The van der Waals surface area contributed by atoms with Crippen LogP contribution >= 0.6 is 0 Å². The molecule has 5 rings (SSSR count). The van der Waals surface area contributed by atoms with Gasteiger partial charge in [-0.05, 0) is 70.4 Å². The monoisotopic (exact) mass is 435 g/mol. The summed E-state index contributed by atoms with van der Waals surface area (Å²) in [5.41, 5.74) is 1.76. The highest BCUT2D eigenvalue weighted by Crippen LogP contribution is 2.30. The van der Waals surface area contributed by atoms with Gasteiger partial charge in [-0.3, -0.25) is 9.59 Å². The highest BCUT2D eigenvalue weighted by Gasteiger charge is 2.26. The Hall–Kier alpha value is -3.23. The predicted molar refractivity (Wildman–Crippen MR) is 121 cm³/mol. The molecule has 0 spiro atoms. The minimum atomic E-state index is -0.0978. The Kier molecular flexibility index (Phi) is 5.40. The van der Waals surface area contributed by atoms with Crippen LogP contribution in [0.3, 0.4) is 0 Å². The van der Waals surface area contributed by atoms with Crippen LogP contribution in [-0.4, -0.2) is 35.2 Å². The molecule has 0 saturated heterocycles. The molecule has 0 aromatic carbocycles. The number of anilines is 1. The van der Waals surface area contributed by atoms with E-state index < -0.39 is 0 Å². The van der Waals surface area contributed by atoms with E-state index >= 15 is 0 Å². The van der Waals surface area contributed by atoms with E-state index in [0.29, 0.717) is 17.6 Å². The maximum Gasteiger partial charge on any atom is 0.293 e. The third kappa shape index (κ3) is 4.24. The van der Waals surface area contributed by atoms with E-state index in [0.717, 1.165) is 43.6 Å². The van der Waals surface area contributed by atoms with Gasteiger partial charge in [-0.25, -0.2) is 14.3 Å². The van der Waals surface area contributed by atoms with Crippen LogP contribution < -0.4 is 16.4 Å². The molecule has 32 heavy (non-hydrogen) atoms. The van der Waals surface area contributed by atoms with E-state index in [2.05, 4.69) is 20.5 Å². The summed E-state index contributed by atoms with van der Waals surface area (Å²) in [5, 5.41) is 12.5. The highest BCUT2D eigenvalue weighted by atomic mass is 16.1. The molecule has 3 aromatic heterocycles. The number of nitrogens with zero attached hydrogens (tertiary/aromatic N) is 6. The van der Waals surface area contributed by atoms with Crippen molar-refractivity contribution in [3.63, 3.8) is 0 Å². The van der Waals surface area contributed by atoms with Gasteiger partial charge in [0.05, 0.1) is 11.7 Å². The highest BCUT2D eigenvalue weighted by molar-refractivity contribution is 5.32. The molecule has 0 radical (unpaired) electrons. The predicted octanol–water partition coefficient (Wildman–Crippen LogP) is 2.61. The molecule has 2 saturated carbocycles. The van der Waals surface area contributed by atoms with Crippen molar-refractivity contribution in [1.29, 1.82) is 0 Å². The molecule has 168 valence electrons. The van der Waals surface area contributed by atoms with E-state index in [-0.39, 0.29) is 23.2 Å². The zero-order chi connectivity index (χ0) is 22.2. The van der Waals surface area contributed by atoms with Crippen LogP contribution in [0, 0.1) is 19.8 Å². The van der Waals surface area contributed by atoms with Gasteiger partial charge < -0.3 is 9.88 Å². The van der Waals surface area contributed by atoms with Gasteiger partial charge >= 0.3 is 0 Å². The lowest BCUT2D eigenvalue weighted by molar-refractivity contribution is 0.302. The third-order valence-corrected chi connectivity index (χ3v) is 6.49. The summed E-state index contributed by atoms with van der Waals surface area (Å²) in [6.45, 7) is 4.70. The Labute approximate surface area is 186 Å². The van der Waals surface area contributed by atoms with Gasteiger partial charge in [0.25, 0.3) is 11.1 Å². The molecule has 2 aliphatic carbocycles. The van der Waals surface area contributed by atoms with Crippen molar-refractivity contribution in [3.05, 3.63) is 62.7 Å². The minimum Gasteiger partial charge on any atom is -0.363 e. The van der Waals surface area contributed by atoms with Gasteiger partial charge in [-0.1, -0.05) is 0 Å². The summed E-state index contributed by atoms with van der Waals surface area (Å²) in [6.07, 6.45) is 9.21. The average Bonchev–Trinajstić information content (AvgIpc) is 3.53. The summed E-state index contributed by atoms with van der Waals surface area (Å²) in [4.78, 5) is 29.5. The molecule has 0 amide bonds. The second-order valence-corrected chi connectivity index (χ2v) is 9.14. The van der Waals surface area contributed by atoms with Gasteiger partial charge in [-0.2, -0.15) is 5.10 Å². The topological polar surface area (TPSA) is 99.6 Å².